The largest absolute Gasteiger partial charge is 0.495 e. The Balaban J connectivity index is 1.79. The van der Waals surface area contributed by atoms with Gasteiger partial charge in [-0.1, -0.05) is 13.8 Å². The van der Waals surface area contributed by atoms with Gasteiger partial charge in [0.25, 0.3) is 5.91 Å². The minimum absolute atomic E-state index is 0.147. The molecule has 146 valence electrons. The smallest absolute Gasteiger partial charge is 0.307 e. The number of amides is 2. The summed E-state index contributed by atoms with van der Waals surface area (Å²) in [7, 11) is 1.47. The van der Waals surface area contributed by atoms with E-state index in [2.05, 4.69) is 5.32 Å². The van der Waals surface area contributed by atoms with E-state index in [1.807, 2.05) is 0 Å². The zero-order valence-corrected chi connectivity index (χ0v) is 15.7. The molecular weight excluding hydrogens is 352 g/mol. The first-order valence-electron chi connectivity index (χ1n) is 8.86. The molecular formula is C19H24N2O6. The summed E-state index contributed by atoms with van der Waals surface area (Å²) in [4.78, 5) is 38.3. The van der Waals surface area contributed by atoms with Gasteiger partial charge in [-0.3, -0.25) is 14.4 Å². The Kier molecular flexibility index (Phi) is 5.10. The maximum atomic E-state index is 12.7. The standard InChI is InChI=1S/C19H24N2O6/c1-19(2)14(15(19)18(24)25)16(22)20-12-10-11(4-5-13(12)26-3)17(23)21-6-8-27-9-7-21/h4-5,10,14-15H,6-9H2,1-3H3,(H,20,22)(H,24,25)/t14-,15-/m1/s1. The van der Waals surface area contributed by atoms with Crippen molar-refractivity contribution in [3.63, 3.8) is 0 Å². The predicted molar refractivity (Wildman–Crippen MR) is 96.7 cm³/mol. The third kappa shape index (κ3) is 3.62. The van der Waals surface area contributed by atoms with Crippen molar-refractivity contribution >= 4 is 23.5 Å². The zero-order valence-electron chi connectivity index (χ0n) is 15.7. The molecule has 8 nitrogen and oxygen atoms in total. The zero-order chi connectivity index (χ0) is 19.8. The summed E-state index contributed by atoms with van der Waals surface area (Å²) < 4.78 is 10.5. The number of nitrogens with one attached hydrogen (secondary N) is 1. The van der Waals surface area contributed by atoms with Crippen molar-refractivity contribution in [3.8, 4) is 5.75 Å². The number of carbonyl (C=O) groups excluding carboxylic acids is 2. The SMILES string of the molecule is COc1ccc(C(=O)N2CCOCC2)cc1NC(=O)[C@H]1[C@H](C(=O)O)C1(C)C. The van der Waals surface area contributed by atoms with Gasteiger partial charge in [0.05, 0.1) is 37.8 Å². The van der Waals surface area contributed by atoms with E-state index in [0.29, 0.717) is 43.3 Å². The fourth-order valence-electron chi connectivity index (χ4n) is 3.69. The molecule has 1 aromatic carbocycles. The minimum Gasteiger partial charge on any atom is -0.495 e. The van der Waals surface area contributed by atoms with Crippen LogP contribution in [0.15, 0.2) is 18.2 Å². The van der Waals surface area contributed by atoms with Gasteiger partial charge in [-0.2, -0.15) is 0 Å². The lowest BCUT2D eigenvalue weighted by molar-refractivity contribution is -0.140. The van der Waals surface area contributed by atoms with Crippen molar-refractivity contribution in [2.24, 2.45) is 17.3 Å². The molecule has 0 spiro atoms. The lowest BCUT2D eigenvalue weighted by atomic mass is 10.1. The molecule has 27 heavy (non-hydrogen) atoms. The van der Waals surface area contributed by atoms with E-state index < -0.39 is 23.2 Å². The van der Waals surface area contributed by atoms with Crippen LogP contribution in [0.2, 0.25) is 0 Å². The lowest BCUT2D eigenvalue weighted by Gasteiger charge is -2.27. The van der Waals surface area contributed by atoms with Gasteiger partial charge in [0.2, 0.25) is 5.91 Å². The molecule has 2 fully saturated rings. The summed E-state index contributed by atoms with van der Waals surface area (Å²) in [6, 6.07) is 4.84. The average Bonchev–Trinajstić information content (AvgIpc) is 3.24. The molecule has 2 aliphatic rings. The van der Waals surface area contributed by atoms with Gasteiger partial charge in [-0.05, 0) is 23.6 Å². The van der Waals surface area contributed by atoms with Gasteiger partial charge < -0.3 is 24.8 Å². The Morgan fingerprint density at radius 1 is 1.22 bits per heavy atom. The van der Waals surface area contributed by atoms with Crippen molar-refractivity contribution in [1.82, 2.24) is 4.90 Å². The second kappa shape index (κ2) is 7.19. The number of hydrogen-bond acceptors (Lipinski definition) is 5. The van der Waals surface area contributed by atoms with Crippen molar-refractivity contribution < 1.29 is 29.0 Å². The maximum absolute atomic E-state index is 12.7. The molecule has 0 bridgehead atoms. The van der Waals surface area contributed by atoms with Crippen LogP contribution in [0.1, 0.15) is 24.2 Å². The quantitative estimate of drug-likeness (QED) is 0.806. The highest BCUT2D eigenvalue weighted by Crippen LogP contribution is 2.58. The third-order valence-electron chi connectivity index (χ3n) is 5.38. The molecule has 2 N–H and O–H groups in total. The number of anilines is 1. The number of hydrogen-bond donors (Lipinski definition) is 2. The number of methoxy groups -OCH3 is 1. The average molecular weight is 376 g/mol. The van der Waals surface area contributed by atoms with Gasteiger partial charge in [0, 0.05) is 18.7 Å². The molecule has 1 saturated carbocycles. The molecule has 1 aliphatic carbocycles. The van der Waals surface area contributed by atoms with Crippen LogP contribution >= 0.6 is 0 Å². The van der Waals surface area contributed by atoms with E-state index in [1.165, 1.54) is 7.11 Å². The summed E-state index contributed by atoms with van der Waals surface area (Å²) in [5, 5.41) is 12.0. The van der Waals surface area contributed by atoms with Gasteiger partial charge >= 0.3 is 5.97 Å². The first kappa shape index (κ1) is 19.2. The Morgan fingerprint density at radius 2 is 1.89 bits per heavy atom. The molecule has 0 unspecified atom stereocenters. The second-order valence-electron chi connectivity index (χ2n) is 7.42. The Labute approximate surface area is 157 Å². The van der Waals surface area contributed by atoms with Gasteiger partial charge in [-0.25, -0.2) is 0 Å². The van der Waals surface area contributed by atoms with Crippen LogP contribution in [0.5, 0.6) is 5.75 Å². The van der Waals surface area contributed by atoms with Crippen LogP contribution in [0.25, 0.3) is 0 Å². The van der Waals surface area contributed by atoms with Crippen LogP contribution < -0.4 is 10.1 Å². The fraction of sp³-hybridized carbons (Fsp3) is 0.526. The molecule has 2 atom stereocenters. The number of rotatable bonds is 5. The second-order valence-corrected chi connectivity index (χ2v) is 7.42. The lowest BCUT2D eigenvalue weighted by Crippen LogP contribution is -2.40. The van der Waals surface area contributed by atoms with Crippen LogP contribution in [-0.2, 0) is 14.3 Å². The van der Waals surface area contributed by atoms with Gasteiger partial charge in [0.1, 0.15) is 5.75 Å². The molecule has 8 heteroatoms. The summed E-state index contributed by atoms with van der Waals surface area (Å²) in [6.45, 7) is 5.54. The number of carbonyl (C=O) groups is 3. The Bertz CT molecular complexity index is 769. The van der Waals surface area contributed by atoms with Crippen molar-refractivity contribution in [2.45, 2.75) is 13.8 Å². The molecule has 1 saturated heterocycles. The van der Waals surface area contributed by atoms with Crippen molar-refractivity contribution in [3.05, 3.63) is 23.8 Å². The number of benzene rings is 1. The highest BCUT2D eigenvalue weighted by molar-refractivity contribution is 6.02. The highest BCUT2D eigenvalue weighted by atomic mass is 16.5. The van der Waals surface area contributed by atoms with Crippen LogP contribution in [-0.4, -0.2) is 61.2 Å². The van der Waals surface area contributed by atoms with Crippen molar-refractivity contribution in [1.29, 1.82) is 0 Å². The summed E-state index contributed by atoms with van der Waals surface area (Å²) in [6.07, 6.45) is 0. The monoisotopic (exact) mass is 376 g/mol. The van der Waals surface area contributed by atoms with Gasteiger partial charge in [-0.15, -0.1) is 0 Å². The molecule has 1 heterocycles. The molecule has 0 radical (unpaired) electrons. The van der Waals surface area contributed by atoms with E-state index in [-0.39, 0.29) is 11.8 Å². The van der Waals surface area contributed by atoms with Crippen molar-refractivity contribution in [2.75, 3.05) is 38.7 Å². The number of morpholine rings is 1. The fourth-order valence-corrected chi connectivity index (χ4v) is 3.69. The molecule has 1 aliphatic heterocycles. The maximum Gasteiger partial charge on any atom is 0.307 e. The van der Waals surface area contributed by atoms with Gasteiger partial charge in [0.15, 0.2) is 0 Å². The third-order valence-corrected chi connectivity index (χ3v) is 5.38. The number of carboxylic acid groups (broad SMARTS) is 1. The molecule has 0 aromatic heterocycles. The molecule has 3 rings (SSSR count). The summed E-state index contributed by atoms with van der Waals surface area (Å²) in [5.41, 5.74) is 0.177. The Morgan fingerprint density at radius 3 is 2.44 bits per heavy atom. The number of ether oxygens (including phenoxy) is 2. The van der Waals surface area contributed by atoms with Crippen LogP contribution in [0.4, 0.5) is 5.69 Å². The van der Waals surface area contributed by atoms with Crippen LogP contribution in [0, 0.1) is 17.3 Å². The Hall–Kier alpha value is -2.61. The van der Waals surface area contributed by atoms with E-state index >= 15 is 0 Å². The van der Waals surface area contributed by atoms with E-state index in [1.54, 1.807) is 36.9 Å². The molecule has 1 aromatic rings. The highest BCUT2D eigenvalue weighted by Gasteiger charge is 2.65. The first-order valence-corrected chi connectivity index (χ1v) is 8.86. The van der Waals surface area contributed by atoms with E-state index in [4.69, 9.17) is 9.47 Å². The number of aliphatic carboxylic acids is 1. The molecule has 2 amide bonds. The first-order chi connectivity index (χ1) is 12.8. The number of nitrogens with zero attached hydrogens (tertiary/aromatic N) is 1. The summed E-state index contributed by atoms with van der Waals surface area (Å²) >= 11 is 0. The van der Waals surface area contributed by atoms with E-state index in [9.17, 15) is 19.5 Å². The number of carboxylic acids is 1. The topological polar surface area (TPSA) is 105 Å². The van der Waals surface area contributed by atoms with Crippen LogP contribution in [0.3, 0.4) is 0 Å². The van der Waals surface area contributed by atoms with E-state index in [0.717, 1.165) is 0 Å². The minimum atomic E-state index is -0.983. The summed E-state index contributed by atoms with van der Waals surface area (Å²) in [5.74, 6) is -2.45. The predicted octanol–water partition coefficient (Wildman–Crippen LogP) is 1.46. The normalized spacial score (nSPS) is 23.4.